The van der Waals surface area contributed by atoms with Crippen molar-refractivity contribution >= 4 is 0 Å². The summed E-state index contributed by atoms with van der Waals surface area (Å²) in [5.74, 6) is 3.03. The van der Waals surface area contributed by atoms with Crippen molar-refractivity contribution in [2.45, 2.75) is 58.4 Å². The van der Waals surface area contributed by atoms with Crippen LogP contribution in [-0.4, -0.2) is 12.6 Å². The fourth-order valence-electron chi connectivity index (χ4n) is 3.87. The molecule has 1 heteroatoms. The number of fused-ring (bicyclic) bond motifs is 2. The molecule has 2 saturated carbocycles. The average Bonchev–Trinajstić information content (AvgIpc) is 2.85. The first-order valence-corrected chi connectivity index (χ1v) is 7.08. The molecule has 0 amide bonds. The van der Waals surface area contributed by atoms with Gasteiger partial charge >= 0.3 is 0 Å². The maximum absolute atomic E-state index is 4.10. The quantitative estimate of drug-likeness (QED) is 0.673. The number of rotatable bonds is 6. The lowest BCUT2D eigenvalue weighted by atomic mass is 9.81. The molecule has 92 valence electrons. The van der Waals surface area contributed by atoms with Gasteiger partial charge in [-0.25, -0.2) is 0 Å². The number of hydrogen-bond donors (Lipinski definition) is 1. The van der Waals surface area contributed by atoms with Gasteiger partial charge in [-0.1, -0.05) is 18.9 Å². The second-order valence-corrected chi connectivity index (χ2v) is 6.06. The molecule has 16 heavy (non-hydrogen) atoms. The molecule has 2 fully saturated rings. The van der Waals surface area contributed by atoms with Crippen LogP contribution in [0.3, 0.4) is 0 Å². The van der Waals surface area contributed by atoms with Gasteiger partial charge in [0.15, 0.2) is 0 Å². The van der Waals surface area contributed by atoms with E-state index in [9.17, 15) is 0 Å². The molecule has 0 aromatic carbocycles. The van der Waals surface area contributed by atoms with E-state index in [2.05, 4.69) is 25.7 Å². The molecule has 0 aliphatic heterocycles. The lowest BCUT2D eigenvalue weighted by Crippen LogP contribution is -2.39. The third kappa shape index (κ3) is 2.68. The van der Waals surface area contributed by atoms with Crippen LogP contribution in [-0.2, 0) is 0 Å². The van der Waals surface area contributed by atoms with Crippen LogP contribution in [0, 0.1) is 17.8 Å². The summed E-state index contributed by atoms with van der Waals surface area (Å²) in [6.45, 7) is 9.70. The Labute approximate surface area is 101 Å². The van der Waals surface area contributed by atoms with E-state index >= 15 is 0 Å². The molecule has 0 aromatic heterocycles. The molecule has 0 radical (unpaired) electrons. The monoisotopic (exact) mass is 221 g/mol. The Morgan fingerprint density at radius 1 is 1.38 bits per heavy atom. The summed E-state index contributed by atoms with van der Waals surface area (Å²) in [5, 5.41) is 3.77. The van der Waals surface area contributed by atoms with Gasteiger partial charge in [0.1, 0.15) is 0 Å². The molecule has 1 nitrogen and oxygen atoms in total. The van der Waals surface area contributed by atoms with Gasteiger partial charge in [0.05, 0.1) is 0 Å². The summed E-state index contributed by atoms with van der Waals surface area (Å²) >= 11 is 0. The first-order valence-electron chi connectivity index (χ1n) is 7.08. The molecule has 0 spiro atoms. The van der Waals surface area contributed by atoms with Crippen molar-refractivity contribution in [2.24, 2.45) is 17.8 Å². The summed E-state index contributed by atoms with van der Waals surface area (Å²) in [5.41, 5.74) is 1.34. The van der Waals surface area contributed by atoms with Gasteiger partial charge in [-0.3, -0.25) is 0 Å². The highest BCUT2D eigenvalue weighted by Gasteiger charge is 2.42. The predicted molar refractivity (Wildman–Crippen MR) is 70.5 cm³/mol. The van der Waals surface area contributed by atoms with E-state index in [4.69, 9.17) is 0 Å². The Balaban J connectivity index is 1.92. The zero-order chi connectivity index (χ0) is 11.5. The minimum absolute atomic E-state index is 0.716. The van der Waals surface area contributed by atoms with E-state index in [1.54, 1.807) is 0 Å². The van der Waals surface area contributed by atoms with Gasteiger partial charge < -0.3 is 5.32 Å². The molecular weight excluding hydrogens is 194 g/mol. The molecule has 2 bridgehead atoms. The van der Waals surface area contributed by atoms with Crippen molar-refractivity contribution in [1.82, 2.24) is 5.32 Å². The fraction of sp³-hybridized carbons (Fsp3) is 0.867. The largest absolute Gasteiger partial charge is 0.313 e. The highest BCUT2D eigenvalue weighted by atomic mass is 14.9. The van der Waals surface area contributed by atoms with Crippen LogP contribution >= 0.6 is 0 Å². The molecule has 2 aliphatic rings. The predicted octanol–water partition coefficient (Wildman–Crippen LogP) is 3.76. The maximum atomic E-state index is 4.10. The summed E-state index contributed by atoms with van der Waals surface area (Å²) < 4.78 is 0. The molecule has 0 saturated heterocycles. The van der Waals surface area contributed by atoms with Gasteiger partial charge in [0, 0.05) is 6.04 Å². The Bertz CT molecular complexity index is 246. The van der Waals surface area contributed by atoms with Crippen molar-refractivity contribution in [2.75, 3.05) is 6.54 Å². The van der Waals surface area contributed by atoms with Crippen molar-refractivity contribution < 1.29 is 0 Å². The zero-order valence-corrected chi connectivity index (χ0v) is 11.0. The third-order valence-electron chi connectivity index (χ3n) is 4.53. The van der Waals surface area contributed by atoms with E-state index < -0.39 is 0 Å². The summed E-state index contributed by atoms with van der Waals surface area (Å²) in [4.78, 5) is 0. The highest BCUT2D eigenvalue weighted by molar-refractivity contribution is 5.01. The Kier molecular flexibility index (Phi) is 4.07. The maximum Gasteiger partial charge on any atom is 0.0135 e. The van der Waals surface area contributed by atoms with E-state index in [1.807, 2.05) is 0 Å². The molecule has 2 aliphatic carbocycles. The molecule has 0 heterocycles. The van der Waals surface area contributed by atoms with Gasteiger partial charge in [-0.05, 0) is 63.3 Å². The average molecular weight is 221 g/mol. The van der Waals surface area contributed by atoms with E-state index in [1.165, 1.54) is 50.6 Å². The topological polar surface area (TPSA) is 12.0 Å². The fourth-order valence-corrected chi connectivity index (χ4v) is 3.87. The van der Waals surface area contributed by atoms with Gasteiger partial charge in [-0.15, -0.1) is 6.58 Å². The standard InChI is InChI=1S/C15H27N/c1-4-7-16-15(8-11(2)3)14-10-12-5-6-13(14)9-12/h12-16H,2,4-10H2,1,3H3. The van der Waals surface area contributed by atoms with Gasteiger partial charge in [-0.2, -0.15) is 0 Å². The Morgan fingerprint density at radius 2 is 2.19 bits per heavy atom. The lowest BCUT2D eigenvalue weighted by Gasteiger charge is -2.31. The first-order chi connectivity index (χ1) is 7.70. The van der Waals surface area contributed by atoms with Crippen LogP contribution in [0.5, 0.6) is 0 Å². The van der Waals surface area contributed by atoms with Crippen LogP contribution in [0.15, 0.2) is 12.2 Å². The van der Waals surface area contributed by atoms with Crippen molar-refractivity contribution in [3.8, 4) is 0 Å². The number of hydrogen-bond acceptors (Lipinski definition) is 1. The first kappa shape index (κ1) is 12.2. The molecule has 1 N–H and O–H groups in total. The molecular formula is C15H27N. The Hall–Kier alpha value is -0.300. The summed E-state index contributed by atoms with van der Waals surface area (Å²) in [6.07, 6.45) is 8.44. The van der Waals surface area contributed by atoms with Crippen LogP contribution in [0.25, 0.3) is 0 Å². The minimum Gasteiger partial charge on any atom is -0.313 e. The van der Waals surface area contributed by atoms with E-state index in [0.29, 0.717) is 6.04 Å². The Morgan fingerprint density at radius 3 is 2.69 bits per heavy atom. The molecule has 2 rings (SSSR count). The van der Waals surface area contributed by atoms with Crippen LogP contribution in [0.1, 0.15) is 52.4 Å². The van der Waals surface area contributed by atoms with Crippen molar-refractivity contribution in [3.05, 3.63) is 12.2 Å². The second kappa shape index (κ2) is 5.35. The van der Waals surface area contributed by atoms with Crippen LogP contribution in [0.2, 0.25) is 0 Å². The molecule has 0 aromatic rings. The summed E-state index contributed by atoms with van der Waals surface area (Å²) in [6, 6.07) is 0.716. The van der Waals surface area contributed by atoms with Crippen LogP contribution in [0.4, 0.5) is 0 Å². The van der Waals surface area contributed by atoms with Crippen molar-refractivity contribution in [1.29, 1.82) is 0 Å². The normalized spacial score (nSPS) is 34.2. The van der Waals surface area contributed by atoms with E-state index in [-0.39, 0.29) is 0 Å². The molecule has 4 atom stereocenters. The van der Waals surface area contributed by atoms with Crippen molar-refractivity contribution in [3.63, 3.8) is 0 Å². The van der Waals surface area contributed by atoms with Crippen LogP contribution < -0.4 is 5.32 Å². The van der Waals surface area contributed by atoms with Gasteiger partial charge in [0.2, 0.25) is 0 Å². The number of nitrogens with one attached hydrogen (secondary N) is 1. The summed E-state index contributed by atoms with van der Waals surface area (Å²) in [7, 11) is 0. The minimum atomic E-state index is 0.716. The smallest absolute Gasteiger partial charge is 0.0135 e. The second-order valence-electron chi connectivity index (χ2n) is 6.06. The SMILES string of the molecule is C=C(C)CC(NCCC)C1CC2CCC1C2. The zero-order valence-electron chi connectivity index (χ0n) is 11.0. The molecule has 4 unspecified atom stereocenters. The lowest BCUT2D eigenvalue weighted by molar-refractivity contribution is 0.247. The third-order valence-corrected chi connectivity index (χ3v) is 4.53. The highest BCUT2D eigenvalue weighted by Crippen LogP contribution is 2.50. The van der Waals surface area contributed by atoms with E-state index in [0.717, 1.165) is 17.8 Å². The van der Waals surface area contributed by atoms with Gasteiger partial charge in [0.25, 0.3) is 0 Å².